The van der Waals surface area contributed by atoms with Gasteiger partial charge in [-0.1, -0.05) is 29.8 Å². The van der Waals surface area contributed by atoms with E-state index in [0.717, 1.165) is 0 Å². The van der Waals surface area contributed by atoms with Crippen LogP contribution in [0, 0.1) is 5.92 Å². The first-order chi connectivity index (χ1) is 14.4. The minimum atomic E-state index is -3.64. The first-order valence-corrected chi connectivity index (χ1v) is 11.5. The van der Waals surface area contributed by atoms with E-state index in [0.29, 0.717) is 48.1 Å². The third-order valence-corrected chi connectivity index (χ3v) is 6.69. The molecule has 2 aliphatic heterocycles. The molecule has 0 saturated carbocycles. The van der Waals surface area contributed by atoms with E-state index in [2.05, 4.69) is 4.40 Å². The van der Waals surface area contributed by atoms with Gasteiger partial charge in [0.2, 0.25) is 0 Å². The highest BCUT2D eigenvalue weighted by molar-refractivity contribution is 7.90. The normalized spacial score (nSPS) is 17.9. The number of carbonyl (C=O) groups excluding carboxylic acids is 1. The van der Waals surface area contributed by atoms with Crippen LogP contribution in [0.2, 0.25) is 5.02 Å². The van der Waals surface area contributed by atoms with Crippen LogP contribution in [-0.4, -0.2) is 51.4 Å². The summed E-state index contributed by atoms with van der Waals surface area (Å²) in [5.74, 6) is 0.610. The van der Waals surface area contributed by atoms with Crippen molar-refractivity contribution >= 4 is 33.4 Å². The van der Waals surface area contributed by atoms with E-state index in [1.54, 1.807) is 48.5 Å². The molecule has 7 nitrogen and oxygen atoms in total. The fourth-order valence-corrected chi connectivity index (χ4v) is 5.03. The Balaban J connectivity index is 1.26. The summed E-state index contributed by atoms with van der Waals surface area (Å²) in [7, 11) is -3.64. The molecule has 0 amide bonds. The van der Waals surface area contributed by atoms with Crippen LogP contribution >= 0.6 is 11.6 Å². The molecule has 2 heterocycles. The lowest BCUT2D eigenvalue weighted by atomic mass is 9.96. The van der Waals surface area contributed by atoms with Crippen molar-refractivity contribution in [2.75, 3.05) is 26.3 Å². The van der Waals surface area contributed by atoms with E-state index in [9.17, 15) is 13.2 Å². The summed E-state index contributed by atoms with van der Waals surface area (Å²) >= 11 is 5.90. The summed E-state index contributed by atoms with van der Waals surface area (Å²) in [6.45, 7) is 1.49. The number of fused-ring (bicyclic) bond motifs is 1. The number of hydrogen-bond donors (Lipinski definition) is 0. The SMILES string of the molecule is O=C(OCCOc1cccc(Cl)c1)C1CCN(C2=NS(=O)(=O)c3ccccc32)CC1. The minimum Gasteiger partial charge on any atom is -0.490 e. The van der Waals surface area contributed by atoms with E-state index in [1.165, 1.54) is 0 Å². The van der Waals surface area contributed by atoms with Crippen molar-refractivity contribution in [1.29, 1.82) is 0 Å². The molecule has 0 N–H and O–H groups in total. The number of carbonyl (C=O) groups is 1. The highest BCUT2D eigenvalue weighted by Gasteiger charge is 2.34. The van der Waals surface area contributed by atoms with Crippen LogP contribution in [0.4, 0.5) is 0 Å². The average Bonchev–Trinajstić information content (AvgIpc) is 3.02. The van der Waals surface area contributed by atoms with Crippen molar-refractivity contribution < 1.29 is 22.7 Å². The number of piperidine rings is 1. The van der Waals surface area contributed by atoms with E-state index in [-0.39, 0.29) is 30.0 Å². The molecule has 4 rings (SSSR count). The second kappa shape index (κ2) is 8.65. The number of likely N-dealkylation sites (tertiary alicyclic amines) is 1. The van der Waals surface area contributed by atoms with Crippen LogP contribution in [0.25, 0.3) is 0 Å². The molecule has 0 spiro atoms. The average molecular weight is 449 g/mol. The number of benzene rings is 2. The standard InChI is InChI=1S/C21H21ClN2O5S/c22-16-4-3-5-17(14-16)28-12-13-29-21(25)15-8-10-24(11-9-15)20-18-6-1-2-7-19(18)30(26,27)23-20/h1-7,14-15H,8-13H2. The Labute approximate surface area is 180 Å². The lowest BCUT2D eigenvalue weighted by Crippen LogP contribution is -2.40. The zero-order chi connectivity index (χ0) is 21.1. The van der Waals surface area contributed by atoms with Crippen LogP contribution in [0.15, 0.2) is 57.8 Å². The van der Waals surface area contributed by atoms with E-state index >= 15 is 0 Å². The summed E-state index contributed by atoms with van der Waals surface area (Å²) in [6, 6.07) is 13.8. The fraction of sp³-hybridized carbons (Fsp3) is 0.333. The van der Waals surface area contributed by atoms with E-state index in [4.69, 9.17) is 21.1 Å². The number of esters is 1. The van der Waals surface area contributed by atoms with Crippen LogP contribution in [0.1, 0.15) is 18.4 Å². The Morgan fingerprint density at radius 2 is 1.87 bits per heavy atom. The van der Waals surface area contributed by atoms with Crippen molar-refractivity contribution in [2.45, 2.75) is 17.7 Å². The third kappa shape index (κ3) is 4.44. The van der Waals surface area contributed by atoms with Gasteiger partial charge in [-0.15, -0.1) is 4.40 Å². The third-order valence-electron chi connectivity index (χ3n) is 5.13. The van der Waals surface area contributed by atoms with Gasteiger partial charge in [-0.2, -0.15) is 8.42 Å². The summed E-state index contributed by atoms with van der Waals surface area (Å²) < 4.78 is 39.3. The molecule has 158 valence electrons. The largest absolute Gasteiger partial charge is 0.490 e. The van der Waals surface area contributed by atoms with Gasteiger partial charge in [0.15, 0.2) is 5.84 Å². The summed E-state index contributed by atoms with van der Waals surface area (Å²) in [6.07, 6.45) is 1.16. The molecule has 0 bridgehead atoms. The first-order valence-electron chi connectivity index (χ1n) is 9.68. The smallest absolute Gasteiger partial charge is 0.309 e. The minimum absolute atomic E-state index is 0.157. The zero-order valence-corrected chi connectivity index (χ0v) is 17.7. The molecule has 0 aliphatic carbocycles. The predicted octanol–water partition coefficient (Wildman–Crippen LogP) is 3.12. The fourth-order valence-electron chi connectivity index (χ4n) is 3.62. The molecular weight excluding hydrogens is 428 g/mol. The lowest BCUT2D eigenvalue weighted by molar-refractivity contribution is -0.150. The molecular formula is C21H21ClN2O5S. The van der Waals surface area contributed by atoms with Crippen molar-refractivity contribution in [3.63, 3.8) is 0 Å². The van der Waals surface area contributed by atoms with Crippen LogP contribution in [-0.2, 0) is 19.6 Å². The molecule has 1 fully saturated rings. The molecule has 2 aromatic carbocycles. The van der Waals surface area contributed by atoms with Gasteiger partial charge in [-0.3, -0.25) is 4.79 Å². The molecule has 0 radical (unpaired) electrons. The maximum absolute atomic E-state index is 12.3. The van der Waals surface area contributed by atoms with Crippen molar-refractivity contribution in [2.24, 2.45) is 10.3 Å². The van der Waals surface area contributed by atoms with Gasteiger partial charge in [0, 0.05) is 23.7 Å². The van der Waals surface area contributed by atoms with Gasteiger partial charge in [-0.25, -0.2) is 0 Å². The van der Waals surface area contributed by atoms with Gasteiger partial charge < -0.3 is 14.4 Å². The number of nitrogens with zero attached hydrogens (tertiary/aromatic N) is 2. The predicted molar refractivity (Wildman–Crippen MR) is 112 cm³/mol. The number of rotatable bonds is 5. The van der Waals surface area contributed by atoms with Gasteiger partial charge in [-0.05, 0) is 43.2 Å². The van der Waals surface area contributed by atoms with Crippen LogP contribution in [0.5, 0.6) is 5.75 Å². The molecule has 0 aromatic heterocycles. The number of ether oxygens (including phenoxy) is 2. The quantitative estimate of drug-likeness (QED) is 0.516. The Morgan fingerprint density at radius 1 is 1.10 bits per heavy atom. The molecule has 1 saturated heterocycles. The number of sulfonamides is 1. The van der Waals surface area contributed by atoms with Gasteiger partial charge in [0.25, 0.3) is 10.0 Å². The monoisotopic (exact) mass is 448 g/mol. The van der Waals surface area contributed by atoms with Crippen molar-refractivity contribution in [3.8, 4) is 5.75 Å². The van der Waals surface area contributed by atoms with Gasteiger partial charge in [0.1, 0.15) is 23.9 Å². The molecule has 0 atom stereocenters. The molecule has 9 heteroatoms. The van der Waals surface area contributed by atoms with Crippen molar-refractivity contribution in [3.05, 3.63) is 59.1 Å². The van der Waals surface area contributed by atoms with Gasteiger partial charge >= 0.3 is 5.97 Å². The molecule has 0 unspecified atom stereocenters. The highest BCUT2D eigenvalue weighted by Crippen LogP contribution is 2.30. The Hall–Kier alpha value is -2.58. The number of amidine groups is 1. The topological polar surface area (TPSA) is 85.3 Å². The summed E-state index contributed by atoms with van der Waals surface area (Å²) in [5, 5.41) is 0.582. The molecule has 2 aromatic rings. The zero-order valence-electron chi connectivity index (χ0n) is 16.2. The van der Waals surface area contributed by atoms with Gasteiger partial charge in [0.05, 0.1) is 5.92 Å². The number of hydrogen-bond acceptors (Lipinski definition) is 6. The van der Waals surface area contributed by atoms with E-state index < -0.39 is 10.0 Å². The second-order valence-electron chi connectivity index (χ2n) is 7.12. The Kier molecular flexibility index (Phi) is 5.97. The van der Waals surface area contributed by atoms with E-state index in [1.807, 2.05) is 4.90 Å². The Bertz CT molecular complexity index is 1080. The highest BCUT2D eigenvalue weighted by atomic mass is 35.5. The Morgan fingerprint density at radius 3 is 2.63 bits per heavy atom. The maximum atomic E-state index is 12.3. The first kappa shape index (κ1) is 20.7. The number of halogens is 1. The second-order valence-corrected chi connectivity index (χ2v) is 9.13. The molecule has 2 aliphatic rings. The summed E-state index contributed by atoms with van der Waals surface area (Å²) in [5.41, 5.74) is 0.622. The van der Waals surface area contributed by atoms with Crippen LogP contribution in [0.3, 0.4) is 0 Å². The maximum Gasteiger partial charge on any atom is 0.309 e. The summed E-state index contributed by atoms with van der Waals surface area (Å²) in [4.78, 5) is 14.5. The lowest BCUT2D eigenvalue weighted by Gasteiger charge is -2.32. The van der Waals surface area contributed by atoms with Crippen molar-refractivity contribution in [1.82, 2.24) is 4.90 Å². The molecule has 30 heavy (non-hydrogen) atoms. The van der Waals surface area contributed by atoms with Crippen LogP contribution < -0.4 is 4.74 Å².